The molecule has 0 aromatic rings. The Balaban J connectivity index is 2.77. The van der Waals surface area contributed by atoms with Crippen molar-refractivity contribution in [2.75, 3.05) is 12.3 Å². The fourth-order valence-electron chi connectivity index (χ4n) is 2.27. The number of sulfonamides is 1. The van der Waals surface area contributed by atoms with E-state index in [2.05, 4.69) is 0 Å². The third-order valence-corrected chi connectivity index (χ3v) is 5.09. The standard InChI is InChI=1S/C11H20N2O2S/c1-2-10-16(14,15)13(9-8-12)11-6-4-3-5-7-11/h11H,2-7,9-10H2,1H3. The third-order valence-electron chi connectivity index (χ3n) is 3.03. The van der Waals surface area contributed by atoms with Crippen molar-refractivity contribution in [3.8, 4) is 6.07 Å². The summed E-state index contributed by atoms with van der Waals surface area (Å²) in [6.45, 7) is 1.86. The monoisotopic (exact) mass is 244 g/mol. The van der Waals surface area contributed by atoms with Gasteiger partial charge in [0.15, 0.2) is 0 Å². The Morgan fingerprint density at radius 2 is 1.94 bits per heavy atom. The fourth-order valence-corrected chi connectivity index (χ4v) is 3.94. The summed E-state index contributed by atoms with van der Waals surface area (Å²) in [5, 5.41) is 8.74. The first-order valence-electron chi connectivity index (χ1n) is 5.98. The molecule has 0 N–H and O–H groups in total. The molecule has 5 heteroatoms. The lowest BCUT2D eigenvalue weighted by atomic mass is 9.95. The highest BCUT2D eigenvalue weighted by molar-refractivity contribution is 7.89. The van der Waals surface area contributed by atoms with Gasteiger partial charge in [-0.3, -0.25) is 0 Å². The minimum Gasteiger partial charge on any atom is -0.212 e. The molecule has 1 aliphatic rings. The predicted molar refractivity (Wildman–Crippen MR) is 63.3 cm³/mol. The van der Waals surface area contributed by atoms with Crippen LogP contribution in [-0.2, 0) is 10.0 Å². The van der Waals surface area contributed by atoms with Gasteiger partial charge in [-0.15, -0.1) is 0 Å². The van der Waals surface area contributed by atoms with Crippen molar-refractivity contribution in [2.24, 2.45) is 0 Å². The summed E-state index contributed by atoms with van der Waals surface area (Å²) in [7, 11) is -3.22. The van der Waals surface area contributed by atoms with Crippen molar-refractivity contribution in [3.63, 3.8) is 0 Å². The van der Waals surface area contributed by atoms with Gasteiger partial charge in [0.2, 0.25) is 10.0 Å². The second kappa shape index (κ2) is 6.21. The molecule has 0 radical (unpaired) electrons. The number of rotatable bonds is 5. The summed E-state index contributed by atoms with van der Waals surface area (Å²) in [6, 6.07) is 2.04. The zero-order valence-electron chi connectivity index (χ0n) is 9.85. The van der Waals surface area contributed by atoms with Crippen LogP contribution in [-0.4, -0.2) is 31.1 Å². The molecule has 0 atom stereocenters. The predicted octanol–water partition coefficient (Wildman–Crippen LogP) is 1.88. The summed E-state index contributed by atoms with van der Waals surface area (Å²) < 4.78 is 25.4. The molecule has 4 nitrogen and oxygen atoms in total. The molecule has 1 fully saturated rings. The molecule has 0 aromatic carbocycles. The Morgan fingerprint density at radius 1 is 1.31 bits per heavy atom. The van der Waals surface area contributed by atoms with Crippen molar-refractivity contribution in [2.45, 2.75) is 51.5 Å². The number of hydrogen-bond donors (Lipinski definition) is 0. The van der Waals surface area contributed by atoms with E-state index < -0.39 is 10.0 Å². The molecular formula is C11H20N2O2S. The molecule has 0 aliphatic heterocycles. The average Bonchev–Trinajstić information content (AvgIpc) is 2.27. The minimum atomic E-state index is -3.22. The molecule has 92 valence electrons. The third kappa shape index (κ3) is 3.46. The van der Waals surface area contributed by atoms with Crippen molar-refractivity contribution in [3.05, 3.63) is 0 Å². The summed E-state index contributed by atoms with van der Waals surface area (Å²) in [6.07, 6.45) is 5.76. The quantitative estimate of drug-likeness (QED) is 0.694. The van der Waals surface area contributed by atoms with Crippen LogP contribution in [0.15, 0.2) is 0 Å². The van der Waals surface area contributed by atoms with E-state index >= 15 is 0 Å². The largest absolute Gasteiger partial charge is 0.215 e. The SMILES string of the molecule is CCCS(=O)(=O)N(CC#N)C1CCCCC1. The summed E-state index contributed by atoms with van der Waals surface area (Å²) in [5.41, 5.74) is 0. The Bertz CT molecular complexity index is 339. The lowest BCUT2D eigenvalue weighted by molar-refractivity contribution is 0.271. The van der Waals surface area contributed by atoms with Crippen LogP contribution in [0.2, 0.25) is 0 Å². The van der Waals surface area contributed by atoms with Gasteiger partial charge in [0.25, 0.3) is 0 Å². The summed E-state index contributed by atoms with van der Waals surface area (Å²) in [5.74, 6) is 0.158. The van der Waals surface area contributed by atoms with Crippen LogP contribution >= 0.6 is 0 Å². The Kier molecular flexibility index (Phi) is 5.23. The van der Waals surface area contributed by atoms with E-state index in [0.29, 0.717) is 6.42 Å². The first-order chi connectivity index (χ1) is 7.61. The van der Waals surface area contributed by atoms with Gasteiger partial charge in [0.05, 0.1) is 11.8 Å². The molecule has 0 bridgehead atoms. The molecule has 0 heterocycles. The highest BCUT2D eigenvalue weighted by atomic mass is 32.2. The van der Waals surface area contributed by atoms with E-state index in [0.717, 1.165) is 25.7 Å². The van der Waals surface area contributed by atoms with Crippen molar-refractivity contribution in [1.29, 1.82) is 5.26 Å². The van der Waals surface area contributed by atoms with Crippen LogP contribution in [0, 0.1) is 11.3 Å². The first kappa shape index (κ1) is 13.5. The molecular weight excluding hydrogens is 224 g/mol. The number of nitriles is 1. The van der Waals surface area contributed by atoms with E-state index in [9.17, 15) is 8.42 Å². The Labute approximate surface area is 98.3 Å². The molecule has 1 saturated carbocycles. The van der Waals surface area contributed by atoms with E-state index in [1.165, 1.54) is 10.7 Å². The highest BCUT2D eigenvalue weighted by Gasteiger charge is 2.29. The lowest BCUT2D eigenvalue weighted by Crippen LogP contribution is -2.42. The van der Waals surface area contributed by atoms with Crippen molar-refractivity contribution >= 4 is 10.0 Å². The van der Waals surface area contributed by atoms with Crippen LogP contribution in [0.4, 0.5) is 0 Å². The normalized spacial score (nSPS) is 18.6. The smallest absolute Gasteiger partial charge is 0.212 e. The van der Waals surface area contributed by atoms with Crippen molar-refractivity contribution < 1.29 is 8.42 Å². The molecule has 0 saturated heterocycles. The van der Waals surface area contributed by atoms with Gasteiger partial charge < -0.3 is 0 Å². The van der Waals surface area contributed by atoms with Crippen LogP contribution in [0.3, 0.4) is 0 Å². The van der Waals surface area contributed by atoms with E-state index in [1.54, 1.807) is 0 Å². The second-order valence-corrected chi connectivity index (χ2v) is 6.35. The summed E-state index contributed by atoms with van der Waals surface area (Å²) in [4.78, 5) is 0. The molecule has 0 spiro atoms. The second-order valence-electron chi connectivity index (χ2n) is 4.31. The fraction of sp³-hybridized carbons (Fsp3) is 0.909. The maximum absolute atomic E-state index is 12.0. The first-order valence-corrected chi connectivity index (χ1v) is 7.59. The lowest BCUT2D eigenvalue weighted by Gasteiger charge is -2.31. The summed E-state index contributed by atoms with van der Waals surface area (Å²) >= 11 is 0. The highest BCUT2D eigenvalue weighted by Crippen LogP contribution is 2.24. The van der Waals surface area contributed by atoms with E-state index in [1.807, 2.05) is 13.0 Å². The minimum absolute atomic E-state index is 0.00694. The molecule has 1 aliphatic carbocycles. The number of hydrogen-bond acceptors (Lipinski definition) is 3. The van der Waals surface area contributed by atoms with E-state index in [4.69, 9.17) is 5.26 Å². The van der Waals surface area contributed by atoms with E-state index in [-0.39, 0.29) is 18.3 Å². The topological polar surface area (TPSA) is 61.2 Å². The Morgan fingerprint density at radius 3 is 2.44 bits per heavy atom. The van der Waals surface area contributed by atoms with Gasteiger partial charge in [0, 0.05) is 6.04 Å². The van der Waals surface area contributed by atoms with Crippen LogP contribution in [0.25, 0.3) is 0 Å². The van der Waals surface area contributed by atoms with Crippen LogP contribution in [0.1, 0.15) is 45.4 Å². The van der Waals surface area contributed by atoms with Crippen LogP contribution < -0.4 is 0 Å². The molecule has 0 aromatic heterocycles. The number of nitrogens with zero attached hydrogens (tertiary/aromatic N) is 2. The van der Waals surface area contributed by atoms with Gasteiger partial charge in [-0.2, -0.15) is 9.57 Å². The average molecular weight is 244 g/mol. The molecule has 1 rings (SSSR count). The van der Waals surface area contributed by atoms with Gasteiger partial charge >= 0.3 is 0 Å². The molecule has 0 unspecified atom stereocenters. The van der Waals surface area contributed by atoms with Gasteiger partial charge in [-0.25, -0.2) is 8.42 Å². The molecule has 0 amide bonds. The molecule has 16 heavy (non-hydrogen) atoms. The zero-order valence-corrected chi connectivity index (χ0v) is 10.7. The van der Waals surface area contributed by atoms with Crippen molar-refractivity contribution in [1.82, 2.24) is 4.31 Å². The van der Waals surface area contributed by atoms with Gasteiger partial charge in [-0.1, -0.05) is 26.2 Å². The maximum Gasteiger partial charge on any atom is 0.215 e. The van der Waals surface area contributed by atoms with Crippen LogP contribution in [0.5, 0.6) is 0 Å². The maximum atomic E-state index is 12.0. The van der Waals surface area contributed by atoms with Gasteiger partial charge in [0.1, 0.15) is 6.54 Å². The van der Waals surface area contributed by atoms with Gasteiger partial charge in [-0.05, 0) is 19.3 Å². The Hall–Kier alpha value is -0.600. The zero-order chi connectivity index (χ0) is 12.0.